The molecule has 3 N–H and O–H groups in total. The van der Waals surface area contributed by atoms with E-state index >= 15 is 0 Å². The fourth-order valence-electron chi connectivity index (χ4n) is 2.97. The molecule has 1 fully saturated rings. The Kier molecular flexibility index (Phi) is 12.9. The average Bonchev–Trinajstić information content (AvgIpc) is 2.55. The minimum Gasteiger partial charge on any atom is -0.396 e. The third-order valence-electron chi connectivity index (χ3n) is 4.48. The summed E-state index contributed by atoms with van der Waals surface area (Å²) in [4.78, 5) is 13.8. The summed E-state index contributed by atoms with van der Waals surface area (Å²) in [6, 6.07) is 0. The molecule has 0 heterocycles. The Morgan fingerprint density at radius 1 is 1.19 bits per heavy atom. The van der Waals surface area contributed by atoms with Crippen LogP contribution in [0.2, 0.25) is 0 Å². The van der Waals surface area contributed by atoms with Crippen LogP contribution in [0.15, 0.2) is 0 Å². The number of aliphatic hydroxyl groups is 1. The molecule has 0 aromatic carbocycles. The van der Waals surface area contributed by atoms with E-state index in [0.717, 1.165) is 51.9 Å². The van der Waals surface area contributed by atoms with Gasteiger partial charge in [-0.3, -0.25) is 4.79 Å². The minimum atomic E-state index is 0.161. The summed E-state index contributed by atoms with van der Waals surface area (Å²) in [5, 5.41) is 9.05. The van der Waals surface area contributed by atoms with Crippen LogP contribution in [0.4, 0.5) is 0 Å². The molecular formula is C17H36N2O2. The summed E-state index contributed by atoms with van der Waals surface area (Å²) in [5.74, 6) is 0.758. The van der Waals surface area contributed by atoms with E-state index in [1.54, 1.807) is 0 Å². The van der Waals surface area contributed by atoms with E-state index in [2.05, 4.69) is 18.7 Å². The number of carbonyl (C=O) groups is 1. The predicted molar refractivity (Wildman–Crippen MR) is 89.3 cm³/mol. The van der Waals surface area contributed by atoms with E-state index in [-0.39, 0.29) is 18.4 Å². The summed E-state index contributed by atoms with van der Waals surface area (Å²) in [6.45, 7) is 10.7. The second kappa shape index (κ2) is 13.2. The van der Waals surface area contributed by atoms with Crippen LogP contribution in [-0.2, 0) is 4.79 Å². The maximum Gasteiger partial charge on any atom is 0.136 e. The van der Waals surface area contributed by atoms with Gasteiger partial charge < -0.3 is 15.7 Å². The first-order valence-electron chi connectivity index (χ1n) is 8.70. The Bertz CT molecular complexity index is 255. The van der Waals surface area contributed by atoms with Crippen molar-refractivity contribution in [3.05, 3.63) is 0 Å². The highest BCUT2D eigenvalue weighted by Crippen LogP contribution is 2.30. The molecule has 1 rings (SSSR count). The molecule has 1 aliphatic rings. The first kappa shape index (κ1) is 20.6. The molecular weight excluding hydrogens is 264 g/mol. The van der Waals surface area contributed by atoms with Crippen LogP contribution in [0.25, 0.3) is 0 Å². The van der Waals surface area contributed by atoms with Gasteiger partial charge in [0.25, 0.3) is 0 Å². The molecule has 0 aromatic rings. The Labute approximate surface area is 131 Å². The number of hydrogen-bond donors (Lipinski definition) is 2. The standard InChI is InChI=1S/C10H18O2.C7H18N2/c1-2-10(12)9-6-4-3-5-8(9)7-11;1-3-9(4-2)7-5-6-8/h8-9,11H,2-7H2,1H3;3-8H2,1-2H3/t8-,9-;/m0./s1. The lowest BCUT2D eigenvalue weighted by atomic mass is 9.77. The number of rotatable bonds is 8. The average molecular weight is 300 g/mol. The first-order valence-corrected chi connectivity index (χ1v) is 8.70. The number of ketones is 1. The molecule has 4 heteroatoms. The molecule has 126 valence electrons. The SMILES string of the molecule is CCC(=O)[C@H]1CCCC[C@H]1CO.CCN(CC)CCCN. The molecule has 0 radical (unpaired) electrons. The molecule has 0 bridgehead atoms. The first-order chi connectivity index (χ1) is 10.1. The second-order valence-corrected chi connectivity index (χ2v) is 5.82. The molecule has 2 atom stereocenters. The van der Waals surface area contributed by atoms with Crippen molar-refractivity contribution in [3.63, 3.8) is 0 Å². The third-order valence-corrected chi connectivity index (χ3v) is 4.48. The van der Waals surface area contributed by atoms with Crippen LogP contribution in [0.1, 0.15) is 59.3 Å². The molecule has 0 unspecified atom stereocenters. The zero-order valence-corrected chi connectivity index (χ0v) is 14.3. The zero-order chi connectivity index (χ0) is 16.1. The van der Waals surface area contributed by atoms with Crippen LogP contribution in [0.5, 0.6) is 0 Å². The van der Waals surface area contributed by atoms with Crippen molar-refractivity contribution in [1.29, 1.82) is 0 Å². The van der Waals surface area contributed by atoms with Crippen molar-refractivity contribution in [2.24, 2.45) is 17.6 Å². The van der Waals surface area contributed by atoms with Gasteiger partial charge in [-0.2, -0.15) is 0 Å². The van der Waals surface area contributed by atoms with E-state index < -0.39 is 0 Å². The van der Waals surface area contributed by atoms with Crippen molar-refractivity contribution in [3.8, 4) is 0 Å². The molecule has 21 heavy (non-hydrogen) atoms. The molecule has 1 aliphatic carbocycles. The van der Waals surface area contributed by atoms with E-state index in [9.17, 15) is 4.79 Å². The lowest BCUT2D eigenvalue weighted by Crippen LogP contribution is -2.29. The number of nitrogens with zero attached hydrogens (tertiary/aromatic N) is 1. The van der Waals surface area contributed by atoms with Gasteiger partial charge in [0.15, 0.2) is 0 Å². The number of hydrogen-bond acceptors (Lipinski definition) is 4. The summed E-state index contributed by atoms with van der Waals surface area (Å²) < 4.78 is 0. The smallest absolute Gasteiger partial charge is 0.136 e. The predicted octanol–water partition coefficient (Wildman–Crippen LogP) is 2.44. The Morgan fingerprint density at radius 2 is 1.81 bits per heavy atom. The highest BCUT2D eigenvalue weighted by Gasteiger charge is 2.28. The Morgan fingerprint density at radius 3 is 2.29 bits per heavy atom. The minimum absolute atomic E-state index is 0.161. The molecule has 1 saturated carbocycles. The van der Waals surface area contributed by atoms with E-state index in [1.165, 1.54) is 6.42 Å². The highest BCUT2D eigenvalue weighted by molar-refractivity contribution is 5.81. The van der Waals surface area contributed by atoms with Gasteiger partial charge in [0, 0.05) is 18.9 Å². The van der Waals surface area contributed by atoms with Gasteiger partial charge in [0.2, 0.25) is 0 Å². The molecule has 4 nitrogen and oxygen atoms in total. The fraction of sp³-hybridized carbons (Fsp3) is 0.941. The third kappa shape index (κ3) is 8.54. The summed E-state index contributed by atoms with van der Waals surface area (Å²) >= 11 is 0. The molecule has 0 saturated heterocycles. The van der Waals surface area contributed by atoms with Crippen LogP contribution in [0.3, 0.4) is 0 Å². The van der Waals surface area contributed by atoms with Crippen LogP contribution in [-0.4, -0.2) is 48.6 Å². The van der Waals surface area contributed by atoms with E-state index in [1.807, 2.05) is 6.92 Å². The Balaban J connectivity index is 0.000000400. The highest BCUT2D eigenvalue weighted by atomic mass is 16.3. The van der Waals surface area contributed by atoms with Crippen molar-refractivity contribution < 1.29 is 9.90 Å². The molecule has 0 aliphatic heterocycles. The normalized spacial score (nSPS) is 21.8. The second-order valence-electron chi connectivity index (χ2n) is 5.82. The van der Waals surface area contributed by atoms with Gasteiger partial charge in [-0.15, -0.1) is 0 Å². The van der Waals surface area contributed by atoms with Gasteiger partial charge in [0.05, 0.1) is 0 Å². The maximum atomic E-state index is 11.4. The Hall–Kier alpha value is -0.450. The van der Waals surface area contributed by atoms with E-state index in [0.29, 0.717) is 12.2 Å². The summed E-state index contributed by atoms with van der Waals surface area (Å²) in [6.07, 6.45) is 6.12. The van der Waals surface area contributed by atoms with Crippen molar-refractivity contribution in [1.82, 2.24) is 4.90 Å². The lowest BCUT2D eigenvalue weighted by Gasteiger charge is -2.28. The van der Waals surface area contributed by atoms with Gasteiger partial charge in [-0.05, 0) is 51.4 Å². The van der Waals surface area contributed by atoms with Gasteiger partial charge in [-0.25, -0.2) is 0 Å². The quantitative estimate of drug-likeness (QED) is 0.722. The van der Waals surface area contributed by atoms with Crippen LogP contribution < -0.4 is 5.73 Å². The van der Waals surface area contributed by atoms with Gasteiger partial charge >= 0.3 is 0 Å². The van der Waals surface area contributed by atoms with Crippen molar-refractivity contribution in [2.45, 2.75) is 59.3 Å². The van der Waals surface area contributed by atoms with Crippen molar-refractivity contribution in [2.75, 3.05) is 32.8 Å². The summed E-state index contributed by atoms with van der Waals surface area (Å²) in [7, 11) is 0. The topological polar surface area (TPSA) is 66.6 Å². The lowest BCUT2D eigenvalue weighted by molar-refractivity contribution is -0.126. The van der Waals surface area contributed by atoms with Crippen molar-refractivity contribution >= 4 is 5.78 Å². The van der Waals surface area contributed by atoms with E-state index in [4.69, 9.17) is 10.8 Å². The summed E-state index contributed by atoms with van der Waals surface area (Å²) in [5.41, 5.74) is 5.36. The largest absolute Gasteiger partial charge is 0.396 e. The van der Waals surface area contributed by atoms with Crippen LogP contribution in [0, 0.1) is 11.8 Å². The molecule has 0 aromatic heterocycles. The maximum absolute atomic E-state index is 11.4. The number of aliphatic hydroxyl groups excluding tert-OH is 1. The molecule has 0 amide bonds. The van der Waals surface area contributed by atoms with Crippen LogP contribution >= 0.6 is 0 Å². The molecule has 0 spiro atoms. The number of Topliss-reactive ketones (excluding diaryl/α,β-unsaturated/α-hetero) is 1. The zero-order valence-electron chi connectivity index (χ0n) is 14.3. The monoisotopic (exact) mass is 300 g/mol. The number of nitrogens with two attached hydrogens (primary N) is 1. The van der Waals surface area contributed by atoms with Gasteiger partial charge in [-0.1, -0.05) is 33.6 Å². The fourth-order valence-corrected chi connectivity index (χ4v) is 2.97. The number of carbonyl (C=O) groups excluding carboxylic acids is 1. The van der Waals surface area contributed by atoms with Gasteiger partial charge in [0.1, 0.15) is 5.78 Å².